The Morgan fingerprint density at radius 1 is 1.14 bits per heavy atom. The van der Waals surface area contributed by atoms with Crippen molar-refractivity contribution in [3.63, 3.8) is 0 Å². The second-order valence-electron chi connectivity index (χ2n) is 4.79. The topological polar surface area (TPSA) is 29.1 Å². The highest BCUT2D eigenvalue weighted by Gasteiger charge is 2.11. The maximum Gasteiger partial charge on any atom is 0.230 e. The van der Waals surface area contributed by atoms with Crippen molar-refractivity contribution in [3.05, 3.63) is 70.2 Å². The Bertz CT molecular complexity index is 588. The predicted molar refractivity (Wildman–Crippen MR) is 93.3 cm³/mol. The first-order valence-corrected chi connectivity index (χ1v) is 8.77. The minimum absolute atomic E-state index is 0.00500. The molecule has 0 heterocycles. The normalized spacial score (nSPS) is 11.9. The fourth-order valence-electron chi connectivity index (χ4n) is 2.02. The van der Waals surface area contributed by atoms with Crippen LogP contribution < -0.4 is 5.32 Å². The van der Waals surface area contributed by atoms with Crippen molar-refractivity contribution in [3.8, 4) is 0 Å². The molecule has 0 bridgehead atoms. The van der Waals surface area contributed by atoms with Crippen LogP contribution in [0.1, 0.15) is 24.1 Å². The van der Waals surface area contributed by atoms with Crippen LogP contribution in [0.25, 0.3) is 0 Å². The summed E-state index contributed by atoms with van der Waals surface area (Å²) in [5, 5.41) is 3.03. The molecule has 2 aromatic rings. The van der Waals surface area contributed by atoms with Gasteiger partial charge in [0.15, 0.2) is 0 Å². The Morgan fingerprint density at radius 3 is 2.52 bits per heavy atom. The summed E-state index contributed by atoms with van der Waals surface area (Å²) in [6.07, 6.45) is 0. The lowest BCUT2D eigenvalue weighted by molar-refractivity contribution is -0.119. The fourth-order valence-corrected chi connectivity index (χ4v) is 3.45. The molecule has 0 saturated heterocycles. The van der Waals surface area contributed by atoms with E-state index in [-0.39, 0.29) is 11.9 Å². The first-order chi connectivity index (χ1) is 10.2. The van der Waals surface area contributed by atoms with Crippen molar-refractivity contribution in [2.45, 2.75) is 18.7 Å². The molecule has 0 aliphatic rings. The highest BCUT2D eigenvalue weighted by Crippen LogP contribution is 2.22. The third-order valence-corrected chi connectivity index (χ3v) is 4.82. The van der Waals surface area contributed by atoms with E-state index in [0.29, 0.717) is 5.75 Å². The highest BCUT2D eigenvalue weighted by molar-refractivity contribution is 9.10. The van der Waals surface area contributed by atoms with Crippen LogP contribution in [0.5, 0.6) is 0 Å². The average Bonchev–Trinajstić information content (AvgIpc) is 2.48. The van der Waals surface area contributed by atoms with Gasteiger partial charge in [-0.05, 0) is 24.1 Å². The molecule has 2 rings (SSSR count). The summed E-state index contributed by atoms with van der Waals surface area (Å²) in [5.41, 5.74) is 2.34. The summed E-state index contributed by atoms with van der Waals surface area (Å²) in [4.78, 5) is 12.0. The zero-order valence-corrected chi connectivity index (χ0v) is 14.3. The van der Waals surface area contributed by atoms with Crippen molar-refractivity contribution >= 4 is 33.6 Å². The van der Waals surface area contributed by atoms with Gasteiger partial charge in [-0.25, -0.2) is 0 Å². The van der Waals surface area contributed by atoms with Crippen LogP contribution in [0.2, 0.25) is 0 Å². The van der Waals surface area contributed by atoms with Gasteiger partial charge in [0.25, 0.3) is 0 Å². The number of carbonyl (C=O) groups is 1. The van der Waals surface area contributed by atoms with Gasteiger partial charge in [0.2, 0.25) is 5.91 Å². The average molecular weight is 364 g/mol. The van der Waals surface area contributed by atoms with E-state index in [1.54, 1.807) is 11.8 Å². The quantitative estimate of drug-likeness (QED) is 0.814. The van der Waals surface area contributed by atoms with Crippen molar-refractivity contribution in [2.75, 3.05) is 5.75 Å². The maximum atomic E-state index is 12.0. The standard InChI is InChI=1S/C17H18BrNOS/c1-13(15-9-5-6-10-16(15)18)19-17(20)12-21-11-14-7-3-2-4-8-14/h2-10,13H,11-12H2,1H3,(H,19,20)/t13-/m0/s1. The van der Waals surface area contributed by atoms with Crippen molar-refractivity contribution in [2.24, 2.45) is 0 Å². The van der Waals surface area contributed by atoms with Gasteiger partial charge in [-0.3, -0.25) is 4.79 Å². The van der Waals surface area contributed by atoms with Crippen molar-refractivity contribution in [1.82, 2.24) is 5.32 Å². The molecule has 110 valence electrons. The number of carbonyl (C=O) groups excluding carboxylic acids is 1. The Labute approximate surface area is 138 Å². The van der Waals surface area contributed by atoms with E-state index in [1.165, 1.54) is 5.56 Å². The van der Waals surface area contributed by atoms with Gasteiger partial charge in [-0.1, -0.05) is 64.5 Å². The molecule has 2 nitrogen and oxygen atoms in total. The molecule has 0 fully saturated rings. The van der Waals surface area contributed by atoms with Crippen LogP contribution in [-0.2, 0) is 10.5 Å². The monoisotopic (exact) mass is 363 g/mol. The Kier molecular flexibility index (Phi) is 6.33. The van der Waals surface area contributed by atoms with E-state index in [9.17, 15) is 4.79 Å². The second kappa shape index (κ2) is 8.25. The van der Waals surface area contributed by atoms with Crippen LogP contribution in [0.4, 0.5) is 0 Å². The lowest BCUT2D eigenvalue weighted by atomic mass is 10.1. The summed E-state index contributed by atoms with van der Waals surface area (Å²) in [6.45, 7) is 2.00. The van der Waals surface area contributed by atoms with Gasteiger partial charge in [0.05, 0.1) is 11.8 Å². The molecular weight excluding hydrogens is 346 g/mol. The minimum atomic E-state index is 0.00500. The van der Waals surface area contributed by atoms with E-state index in [4.69, 9.17) is 0 Å². The molecule has 21 heavy (non-hydrogen) atoms. The third kappa shape index (κ3) is 5.21. The van der Waals surface area contributed by atoms with Gasteiger partial charge in [0, 0.05) is 10.2 Å². The molecule has 4 heteroatoms. The van der Waals surface area contributed by atoms with Crippen molar-refractivity contribution in [1.29, 1.82) is 0 Å². The van der Waals surface area contributed by atoms with Gasteiger partial charge in [0.1, 0.15) is 0 Å². The lowest BCUT2D eigenvalue weighted by Gasteiger charge is -2.15. The van der Waals surface area contributed by atoms with Gasteiger partial charge in [-0.15, -0.1) is 11.8 Å². The molecule has 0 aliphatic carbocycles. The molecule has 0 aromatic heterocycles. The lowest BCUT2D eigenvalue weighted by Crippen LogP contribution is -2.28. The van der Waals surface area contributed by atoms with Crippen LogP contribution in [0.3, 0.4) is 0 Å². The Balaban J connectivity index is 1.78. The zero-order chi connectivity index (χ0) is 15.1. The third-order valence-electron chi connectivity index (χ3n) is 3.09. The summed E-state index contributed by atoms with van der Waals surface area (Å²) in [7, 11) is 0. The first kappa shape index (κ1) is 16.1. The number of nitrogens with one attached hydrogen (secondary N) is 1. The summed E-state index contributed by atoms with van der Waals surface area (Å²) >= 11 is 5.15. The summed E-state index contributed by atoms with van der Waals surface area (Å²) < 4.78 is 1.02. The van der Waals surface area contributed by atoms with Crippen LogP contribution >= 0.6 is 27.7 Å². The number of hydrogen-bond acceptors (Lipinski definition) is 2. The number of amides is 1. The Hall–Kier alpha value is -1.26. The number of hydrogen-bond donors (Lipinski definition) is 1. The molecule has 0 unspecified atom stereocenters. The van der Waals surface area contributed by atoms with Crippen molar-refractivity contribution < 1.29 is 4.79 Å². The van der Waals surface area contributed by atoms with Gasteiger partial charge in [-0.2, -0.15) is 0 Å². The molecule has 1 atom stereocenters. The molecule has 2 aromatic carbocycles. The predicted octanol–water partition coefficient (Wildman–Crippen LogP) is 4.56. The SMILES string of the molecule is C[C@H](NC(=O)CSCc1ccccc1)c1ccccc1Br. The first-order valence-electron chi connectivity index (χ1n) is 6.82. The maximum absolute atomic E-state index is 12.0. The molecule has 0 aliphatic heterocycles. The number of rotatable bonds is 6. The zero-order valence-electron chi connectivity index (χ0n) is 11.9. The largest absolute Gasteiger partial charge is 0.349 e. The summed E-state index contributed by atoms with van der Waals surface area (Å²) in [5.74, 6) is 1.40. The van der Waals surface area contributed by atoms with E-state index >= 15 is 0 Å². The van der Waals surface area contributed by atoms with Gasteiger partial charge >= 0.3 is 0 Å². The van der Waals surface area contributed by atoms with Gasteiger partial charge < -0.3 is 5.32 Å². The van der Waals surface area contributed by atoms with Crippen LogP contribution in [0.15, 0.2) is 59.1 Å². The minimum Gasteiger partial charge on any atom is -0.349 e. The molecular formula is C17H18BrNOS. The van der Waals surface area contributed by atoms with E-state index in [0.717, 1.165) is 15.8 Å². The number of thioether (sulfide) groups is 1. The molecule has 0 radical (unpaired) electrons. The smallest absolute Gasteiger partial charge is 0.230 e. The van der Waals surface area contributed by atoms with Crippen LogP contribution in [0, 0.1) is 0 Å². The molecule has 1 amide bonds. The van der Waals surface area contributed by atoms with E-state index < -0.39 is 0 Å². The number of halogens is 1. The van der Waals surface area contributed by atoms with E-state index in [2.05, 4.69) is 33.4 Å². The Morgan fingerprint density at radius 2 is 1.81 bits per heavy atom. The molecule has 0 spiro atoms. The number of benzene rings is 2. The molecule has 0 saturated carbocycles. The highest BCUT2D eigenvalue weighted by atomic mass is 79.9. The second-order valence-corrected chi connectivity index (χ2v) is 6.63. The van der Waals surface area contributed by atoms with E-state index in [1.807, 2.05) is 49.4 Å². The van der Waals surface area contributed by atoms with Crippen LogP contribution in [-0.4, -0.2) is 11.7 Å². The molecule has 1 N–H and O–H groups in total. The fraction of sp³-hybridized carbons (Fsp3) is 0.235. The summed E-state index contributed by atoms with van der Waals surface area (Å²) in [6, 6.07) is 18.2.